The Morgan fingerprint density at radius 1 is 1.13 bits per heavy atom. The molecule has 2 amide bonds. The van der Waals surface area contributed by atoms with Gasteiger partial charge in [-0.15, -0.1) is 11.3 Å². The Labute approximate surface area is 179 Å². The average Bonchev–Trinajstić information content (AvgIpc) is 3.20. The molecule has 1 atom stereocenters. The number of para-hydroxylation sites is 1. The maximum atomic E-state index is 13.2. The van der Waals surface area contributed by atoms with Crippen LogP contribution in [0.1, 0.15) is 60.2 Å². The normalized spacial score (nSPS) is 11.9. The number of ketones is 1. The lowest BCUT2D eigenvalue weighted by molar-refractivity contribution is -0.118. The molecular formula is C23H25N3O3S. The van der Waals surface area contributed by atoms with Crippen molar-refractivity contribution in [1.82, 2.24) is 4.98 Å². The summed E-state index contributed by atoms with van der Waals surface area (Å²) in [6.07, 6.45) is 5.17. The molecule has 2 aromatic heterocycles. The Bertz CT molecular complexity index is 1060. The van der Waals surface area contributed by atoms with E-state index in [0.29, 0.717) is 29.0 Å². The number of amides is 2. The summed E-state index contributed by atoms with van der Waals surface area (Å²) in [5, 5.41) is 5.66. The fraction of sp³-hybridized carbons (Fsp3) is 0.304. The Morgan fingerprint density at radius 2 is 1.93 bits per heavy atom. The smallest absolute Gasteiger partial charge is 0.249 e. The highest BCUT2D eigenvalue weighted by molar-refractivity contribution is 7.10. The van der Waals surface area contributed by atoms with Gasteiger partial charge in [0.05, 0.1) is 28.9 Å². The topological polar surface area (TPSA) is 102 Å². The fourth-order valence-electron chi connectivity index (χ4n) is 3.44. The van der Waals surface area contributed by atoms with Crippen LogP contribution in [0.5, 0.6) is 0 Å². The number of nitrogens with one attached hydrogen (secondary N) is 1. The minimum atomic E-state index is -0.534. The van der Waals surface area contributed by atoms with Gasteiger partial charge in [-0.3, -0.25) is 14.6 Å². The summed E-state index contributed by atoms with van der Waals surface area (Å²) in [4.78, 5) is 41.2. The number of nitrogens with two attached hydrogens (primary N) is 1. The van der Waals surface area contributed by atoms with Crippen molar-refractivity contribution in [3.8, 4) is 0 Å². The zero-order chi connectivity index (χ0) is 21.5. The lowest BCUT2D eigenvalue weighted by atomic mass is 9.95. The summed E-state index contributed by atoms with van der Waals surface area (Å²) in [5.74, 6) is -1.05. The van der Waals surface area contributed by atoms with Crippen LogP contribution in [0.25, 0.3) is 10.9 Å². The second-order valence-corrected chi connectivity index (χ2v) is 8.27. The number of Topliss-reactive ketones (excluding diaryl/α,β-unsaturated/α-hetero) is 1. The van der Waals surface area contributed by atoms with Crippen LogP contribution in [0.4, 0.5) is 5.69 Å². The minimum Gasteiger partial charge on any atom is -0.366 e. The van der Waals surface area contributed by atoms with Gasteiger partial charge >= 0.3 is 0 Å². The van der Waals surface area contributed by atoms with E-state index < -0.39 is 11.8 Å². The van der Waals surface area contributed by atoms with E-state index in [1.807, 2.05) is 30.3 Å². The van der Waals surface area contributed by atoms with Gasteiger partial charge < -0.3 is 15.8 Å². The van der Waals surface area contributed by atoms with E-state index in [1.165, 1.54) is 11.3 Å². The Kier molecular flexibility index (Phi) is 7.30. The summed E-state index contributed by atoms with van der Waals surface area (Å²) in [6.45, 7) is 1.58. The molecule has 0 radical (unpaired) electrons. The molecule has 6 nitrogen and oxygen atoms in total. The van der Waals surface area contributed by atoms with Crippen LogP contribution in [0, 0.1) is 0 Å². The predicted molar refractivity (Wildman–Crippen MR) is 120 cm³/mol. The maximum Gasteiger partial charge on any atom is 0.249 e. The molecule has 0 bridgehead atoms. The average molecular weight is 424 g/mol. The maximum absolute atomic E-state index is 13.2. The molecule has 30 heavy (non-hydrogen) atoms. The number of primary amides is 1. The van der Waals surface area contributed by atoms with Gasteiger partial charge in [0.1, 0.15) is 5.78 Å². The number of thiophene rings is 1. The van der Waals surface area contributed by atoms with Crippen molar-refractivity contribution in [2.45, 2.75) is 44.9 Å². The van der Waals surface area contributed by atoms with E-state index in [-0.39, 0.29) is 11.7 Å². The largest absolute Gasteiger partial charge is 0.366 e. The molecular weight excluding hydrogens is 398 g/mol. The van der Waals surface area contributed by atoms with E-state index >= 15 is 0 Å². The molecule has 2 heterocycles. The second-order valence-electron chi connectivity index (χ2n) is 7.32. The van der Waals surface area contributed by atoms with E-state index in [0.717, 1.165) is 30.2 Å². The molecule has 0 aliphatic heterocycles. The lowest BCUT2D eigenvalue weighted by Gasteiger charge is -2.17. The Hall–Kier alpha value is -3.06. The molecule has 7 heteroatoms. The van der Waals surface area contributed by atoms with E-state index in [9.17, 15) is 14.4 Å². The van der Waals surface area contributed by atoms with Crippen molar-refractivity contribution in [1.29, 1.82) is 0 Å². The highest BCUT2D eigenvalue weighted by Gasteiger charge is 2.26. The highest BCUT2D eigenvalue weighted by Crippen LogP contribution is 2.32. The first-order chi connectivity index (χ1) is 14.5. The van der Waals surface area contributed by atoms with Gasteiger partial charge in [0, 0.05) is 16.7 Å². The molecule has 1 aromatic carbocycles. The SMILES string of the molecule is CC(=O)CCCCC[C@H](C(=O)Nc1cnc2ccccc2c1)c1sccc1C(N)=O. The first-order valence-electron chi connectivity index (χ1n) is 9.98. The van der Waals surface area contributed by atoms with Crippen molar-refractivity contribution in [3.05, 3.63) is 58.4 Å². The molecule has 0 aliphatic rings. The number of aromatic nitrogens is 1. The van der Waals surface area contributed by atoms with Crippen LogP contribution >= 0.6 is 11.3 Å². The van der Waals surface area contributed by atoms with Crippen molar-refractivity contribution in [2.75, 3.05) is 5.32 Å². The third kappa shape index (κ3) is 5.51. The van der Waals surface area contributed by atoms with Crippen LogP contribution in [0.15, 0.2) is 48.0 Å². The van der Waals surface area contributed by atoms with Crippen LogP contribution in [0.3, 0.4) is 0 Å². The number of rotatable bonds is 10. The van der Waals surface area contributed by atoms with Gasteiger partial charge in [-0.25, -0.2) is 0 Å². The van der Waals surface area contributed by atoms with Gasteiger partial charge in [-0.2, -0.15) is 0 Å². The summed E-state index contributed by atoms with van der Waals surface area (Å²) in [5.41, 5.74) is 7.36. The zero-order valence-electron chi connectivity index (χ0n) is 16.9. The lowest BCUT2D eigenvalue weighted by Crippen LogP contribution is -2.23. The molecule has 0 unspecified atom stereocenters. The summed E-state index contributed by atoms with van der Waals surface area (Å²) >= 11 is 1.36. The minimum absolute atomic E-state index is 0.169. The third-order valence-electron chi connectivity index (χ3n) is 4.97. The van der Waals surface area contributed by atoms with Crippen LogP contribution in [-0.4, -0.2) is 22.6 Å². The first-order valence-corrected chi connectivity index (χ1v) is 10.9. The number of nitrogens with zero attached hydrogens (tertiary/aromatic N) is 1. The summed E-state index contributed by atoms with van der Waals surface area (Å²) < 4.78 is 0. The number of hydrogen-bond acceptors (Lipinski definition) is 5. The number of unbranched alkanes of at least 4 members (excludes halogenated alkanes) is 2. The number of anilines is 1. The van der Waals surface area contributed by atoms with Crippen LogP contribution in [0.2, 0.25) is 0 Å². The molecule has 0 saturated heterocycles. The number of pyridine rings is 1. The Balaban J connectivity index is 1.77. The molecule has 3 N–H and O–H groups in total. The van der Waals surface area contributed by atoms with Gasteiger partial charge in [-0.05, 0) is 43.3 Å². The van der Waals surface area contributed by atoms with Crippen molar-refractivity contribution >= 4 is 45.5 Å². The van der Waals surface area contributed by atoms with E-state index in [1.54, 1.807) is 24.6 Å². The molecule has 0 aliphatic carbocycles. The fourth-order valence-corrected chi connectivity index (χ4v) is 4.48. The quantitative estimate of drug-likeness (QED) is 0.463. The number of carbonyl (C=O) groups excluding carboxylic acids is 3. The van der Waals surface area contributed by atoms with Gasteiger partial charge in [-0.1, -0.05) is 31.0 Å². The molecule has 3 rings (SSSR count). The molecule has 0 fully saturated rings. The van der Waals surface area contributed by atoms with Crippen molar-refractivity contribution in [3.63, 3.8) is 0 Å². The monoisotopic (exact) mass is 423 g/mol. The molecule has 3 aromatic rings. The third-order valence-corrected chi connectivity index (χ3v) is 6.00. The molecule has 0 saturated carbocycles. The molecule has 0 spiro atoms. The van der Waals surface area contributed by atoms with Crippen molar-refractivity contribution < 1.29 is 14.4 Å². The summed E-state index contributed by atoms with van der Waals surface area (Å²) in [7, 11) is 0. The number of fused-ring (bicyclic) bond motifs is 1. The number of carbonyl (C=O) groups is 3. The highest BCUT2D eigenvalue weighted by atomic mass is 32.1. The second kappa shape index (κ2) is 10.1. The van der Waals surface area contributed by atoms with E-state index in [4.69, 9.17) is 5.73 Å². The van der Waals surface area contributed by atoms with Gasteiger partial charge in [0.25, 0.3) is 0 Å². The number of hydrogen-bond donors (Lipinski definition) is 2. The van der Waals surface area contributed by atoms with Crippen LogP contribution < -0.4 is 11.1 Å². The zero-order valence-corrected chi connectivity index (χ0v) is 17.7. The number of benzene rings is 1. The predicted octanol–water partition coefficient (Wildman–Crippen LogP) is 4.66. The van der Waals surface area contributed by atoms with Gasteiger partial charge in [0.2, 0.25) is 11.8 Å². The van der Waals surface area contributed by atoms with Crippen LogP contribution in [-0.2, 0) is 9.59 Å². The first kappa shape index (κ1) is 21.6. The van der Waals surface area contributed by atoms with E-state index in [2.05, 4.69) is 10.3 Å². The van der Waals surface area contributed by atoms with Gasteiger partial charge in [0.15, 0.2) is 0 Å². The van der Waals surface area contributed by atoms with Crippen molar-refractivity contribution in [2.24, 2.45) is 5.73 Å². The Morgan fingerprint density at radius 3 is 2.70 bits per heavy atom. The molecule has 156 valence electrons. The summed E-state index contributed by atoms with van der Waals surface area (Å²) in [6, 6.07) is 11.2. The standard InChI is InChI=1S/C23H25N3O3S/c1-15(27)7-3-2-4-9-19(21-18(22(24)28)11-12-30-21)23(29)26-17-13-16-8-5-6-10-20(16)25-14-17/h5-6,8,10-14,19H,2-4,7,9H2,1H3,(H2,24,28)(H,26,29)/t19-/m0/s1.